The molecule has 2 fully saturated rings. The zero-order chi connectivity index (χ0) is 34.6. The molecule has 260 valence electrons. The van der Waals surface area contributed by atoms with E-state index >= 15 is 0 Å². The first-order valence-corrected chi connectivity index (χ1v) is 19.9. The molecule has 1 saturated carbocycles. The number of sulfone groups is 1. The van der Waals surface area contributed by atoms with Crippen LogP contribution >= 0.6 is 35.0 Å². The second-order valence-electron chi connectivity index (χ2n) is 11.1. The highest BCUT2D eigenvalue weighted by Gasteiger charge is 2.40. The lowest BCUT2D eigenvalue weighted by Crippen LogP contribution is -2.51. The molecule has 0 spiro atoms. The van der Waals surface area contributed by atoms with Gasteiger partial charge in [-0.2, -0.15) is 24.8 Å². The van der Waals surface area contributed by atoms with Crippen molar-refractivity contribution in [3.8, 4) is 11.5 Å². The van der Waals surface area contributed by atoms with Gasteiger partial charge in [0.15, 0.2) is 21.3 Å². The van der Waals surface area contributed by atoms with Crippen LogP contribution in [0.3, 0.4) is 0 Å². The number of benzene rings is 2. The molecular formula is C31H32Cl2F2N2O8S3. The molecule has 1 saturated heterocycles. The second kappa shape index (κ2) is 15.5. The predicted molar refractivity (Wildman–Crippen MR) is 177 cm³/mol. The van der Waals surface area contributed by atoms with Crippen molar-refractivity contribution in [1.82, 2.24) is 9.29 Å². The number of thioether (sulfide) groups is 1. The summed E-state index contributed by atoms with van der Waals surface area (Å²) in [6.07, 6.45) is 3.45. The molecule has 2 aliphatic rings. The molecular weight excluding hydrogens is 733 g/mol. The minimum atomic E-state index is -4.27. The Morgan fingerprint density at radius 2 is 1.69 bits per heavy atom. The number of halogens is 4. The maximum Gasteiger partial charge on any atom is 0.387 e. The molecule has 48 heavy (non-hydrogen) atoms. The van der Waals surface area contributed by atoms with E-state index < -0.39 is 44.6 Å². The van der Waals surface area contributed by atoms with Gasteiger partial charge < -0.3 is 14.2 Å². The average molecular weight is 766 g/mol. The number of nitrogens with zero attached hydrogens (tertiary/aromatic N) is 2. The van der Waals surface area contributed by atoms with E-state index in [0.717, 1.165) is 17.1 Å². The van der Waals surface area contributed by atoms with Crippen LogP contribution in [0.15, 0.2) is 64.6 Å². The van der Waals surface area contributed by atoms with E-state index in [1.165, 1.54) is 73.5 Å². The molecule has 1 aliphatic heterocycles. The molecule has 2 aromatic carbocycles. The Bertz CT molecular complexity index is 1830. The number of ether oxygens (including phenoxy) is 3. The average Bonchev–Trinajstić information content (AvgIpc) is 3.90. The number of carbonyl (C=O) groups excluding carboxylic acids is 1. The van der Waals surface area contributed by atoms with Crippen molar-refractivity contribution in [1.29, 1.82) is 0 Å². The molecule has 17 heteroatoms. The number of rotatable bonds is 14. The number of alkyl halides is 2. The Hall–Kier alpha value is -2.69. The van der Waals surface area contributed by atoms with Gasteiger partial charge in [-0.1, -0.05) is 36.2 Å². The van der Waals surface area contributed by atoms with Crippen LogP contribution in [0.1, 0.15) is 37.0 Å². The van der Waals surface area contributed by atoms with Crippen molar-refractivity contribution < 1.29 is 44.6 Å². The minimum absolute atomic E-state index is 0.00667. The second-order valence-corrected chi connectivity index (χ2v) is 17.3. The van der Waals surface area contributed by atoms with Gasteiger partial charge in [0, 0.05) is 36.9 Å². The van der Waals surface area contributed by atoms with E-state index in [1.807, 2.05) is 0 Å². The Morgan fingerprint density at radius 1 is 1.02 bits per heavy atom. The van der Waals surface area contributed by atoms with Crippen LogP contribution in [0.2, 0.25) is 10.0 Å². The van der Waals surface area contributed by atoms with Crippen molar-refractivity contribution in [3.63, 3.8) is 0 Å². The molecule has 0 bridgehead atoms. The smallest absolute Gasteiger partial charge is 0.387 e. The fraction of sp³-hybridized carbons (Fsp3) is 0.419. The van der Waals surface area contributed by atoms with Crippen LogP contribution in [0, 0.1) is 5.92 Å². The van der Waals surface area contributed by atoms with Crippen LogP contribution < -0.4 is 9.47 Å². The molecule has 10 nitrogen and oxygen atoms in total. The molecule has 3 aromatic rings. The Labute approximate surface area is 292 Å². The zero-order valence-corrected chi connectivity index (χ0v) is 29.5. The normalized spacial score (nSPS) is 18.0. The Morgan fingerprint density at radius 3 is 2.31 bits per heavy atom. The van der Waals surface area contributed by atoms with Crippen molar-refractivity contribution >= 4 is 60.8 Å². The monoisotopic (exact) mass is 764 g/mol. The molecule has 5 rings (SSSR count). The maximum absolute atomic E-state index is 13.9. The topological polar surface area (TPSA) is 129 Å². The lowest BCUT2D eigenvalue weighted by Gasteiger charge is -2.34. The number of esters is 1. The predicted octanol–water partition coefficient (Wildman–Crippen LogP) is 6.21. The fourth-order valence-corrected chi connectivity index (χ4v) is 9.19. The zero-order valence-electron chi connectivity index (χ0n) is 25.6. The molecule has 1 aliphatic carbocycles. The van der Waals surface area contributed by atoms with Crippen molar-refractivity contribution in [2.75, 3.05) is 30.4 Å². The molecule has 1 unspecified atom stereocenters. The third-order valence-electron chi connectivity index (χ3n) is 7.85. The van der Waals surface area contributed by atoms with E-state index in [9.17, 15) is 30.4 Å². The summed E-state index contributed by atoms with van der Waals surface area (Å²) in [5, 5.41) is 0.384. The molecule has 0 radical (unpaired) electrons. The summed E-state index contributed by atoms with van der Waals surface area (Å²) in [6.45, 7) is -1.34. The van der Waals surface area contributed by atoms with Gasteiger partial charge in [-0.25, -0.2) is 16.8 Å². The minimum Gasteiger partial charge on any atom is -0.489 e. The summed E-state index contributed by atoms with van der Waals surface area (Å²) in [7, 11) is -7.83. The highest BCUT2D eigenvalue weighted by atomic mass is 35.5. The highest BCUT2D eigenvalue weighted by molar-refractivity contribution is 7.99. The third kappa shape index (κ3) is 8.72. The van der Waals surface area contributed by atoms with Crippen LogP contribution in [-0.4, -0.2) is 75.2 Å². The lowest BCUT2D eigenvalue weighted by atomic mass is 10.0. The van der Waals surface area contributed by atoms with Crippen LogP contribution in [-0.2, 0) is 35.8 Å². The molecule has 2 atom stereocenters. The van der Waals surface area contributed by atoms with Gasteiger partial charge in [-0.3, -0.25) is 9.78 Å². The number of sulfonamides is 1. The summed E-state index contributed by atoms with van der Waals surface area (Å²) in [6, 6.07) is 7.77. The van der Waals surface area contributed by atoms with Gasteiger partial charge >= 0.3 is 12.6 Å². The van der Waals surface area contributed by atoms with Crippen LogP contribution in [0.5, 0.6) is 11.5 Å². The number of aromatic nitrogens is 1. The van der Waals surface area contributed by atoms with Gasteiger partial charge in [0.05, 0.1) is 32.2 Å². The van der Waals surface area contributed by atoms with Gasteiger partial charge in [-0.05, 0) is 66.3 Å². The van der Waals surface area contributed by atoms with E-state index in [-0.39, 0.29) is 62.4 Å². The van der Waals surface area contributed by atoms with E-state index in [2.05, 4.69) is 9.72 Å². The maximum atomic E-state index is 13.9. The first kappa shape index (κ1) is 36.6. The van der Waals surface area contributed by atoms with E-state index in [4.69, 9.17) is 32.7 Å². The molecule has 0 amide bonds. The Kier molecular flexibility index (Phi) is 11.8. The number of pyridine rings is 1. The Balaban J connectivity index is 1.46. The quantitative estimate of drug-likeness (QED) is 0.175. The number of hydrogen-bond donors (Lipinski definition) is 0. The van der Waals surface area contributed by atoms with E-state index in [1.54, 1.807) is 0 Å². The lowest BCUT2D eigenvalue weighted by molar-refractivity contribution is -0.153. The molecule has 1 aromatic heterocycles. The first-order valence-electron chi connectivity index (χ1n) is 14.9. The number of hydrogen-bond acceptors (Lipinski definition) is 10. The summed E-state index contributed by atoms with van der Waals surface area (Å²) < 4.78 is 96.1. The SMILES string of the molecule is CCS(=O)(=O)c1ccc(S(=O)(=O)N2CCSCC2C(=O)O[C@@H](Cc2c(Cl)cncc2Cl)c2ccc(OC(F)F)c(OCC3CC3)c2)cc1. The van der Waals surface area contributed by atoms with Crippen LogP contribution in [0.4, 0.5) is 8.78 Å². The van der Waals surface area contributed by atoms with Crippen molar-refractivity contribution in [2.45, 2.75) is 54.7 Å². The van der Waals surface area contributed by atoms with Gasteiger partial charge in [0.1, 0.15) is 12.1 Å². The molecule has 0 N–H and O–H groups in total. The van der Waals surface area contributed by atoms with Gasteiger partial charge in [0.25, 0.3) is 0 Å². The summed E-state index contributed by atoms with van der Waals surface area (Å²) in [5.41, 5.74) is 0.731. The third-order valence-corrected chi connectivity index (χ3v) is 13.2. The molecule has 2 heterocycles. The first-order chi connectivity index (χ1) is 22.8. The van der Waals surface area contributed by atoms with E-state index in [0.29, 0.717) is 22.8 Å². The van der Waals surface area contributed by atoms with Crippen LogP contribution in [0.25, 0.3) is 0 Å². The fourth-order valence-electron chi connectivity index (χ4n) is 4.97. The summed E-state index contributed by atoms with van der Waals surface area (Å²) >= 11 is 14.2. The largest absolute Gasteiger partial charge is 0.489 e. The highest BCUT2D eigenvalue weighted by Crippen LogP contribution is 2.38. The standard InChI is InChI=1S/C31H32Cl2F2N2O8S3/c1-2-47(39,40)21-6-8-22(9-7-21)48(41,42)37-11-12-46-18-26(37)30(38)44-28(14-23-24(32)15-36-16-25(23)33)20-5-10-27(45-31(34)35)29(13-20)43-17-19-3-4-19/h5-10,13,15-16,19,26,28,31H,2-4,11-12,14,17-18H2,1H3/t26?,28-/m0/s1. The van der Waals surface area contributed by atoms with Gasteiger partial charge in [0.2, 0.25) is 10.0 Å². The summed E-state index contributed by atoms with van der Waals surface area (Å²) in [5.74, 6) is -0.401. The van der Waals surface area contributed by atoms with Crippen molar-refractivity contribution in [3.05, 3.63) is 76.0 Å². The summed E-state index contributed by atoms with van der Waals surface area (Å²) in [4.78, 5) is 17.7. The van der Waals surface area contributed by atoms with Gasteiger partial charge in [-0.15, -0.1) is 0 Å². The number of carbonyl (C=O) groups is 1. The van der Waals surface area contributed by atoms with Crippen molar-refractivity contribution in [2.24, 2.45) is 5.92 Å².